The van der Waals surface area contributed by atoms with Crippen LogP contribution in [0.15, 0.2) is 18.2 Å². The van der Waals surface area contributed by atoms with Crippen LogP contribution < -0.4 is 4.74 Å². The number of ether oxygens (including phenoxy) is 2. The molecule has 0 aliphatic rings. The van der Waals surface area contributed by atoms with Crippen molar-refractivity contribution in [3.63, 3.8) is 0 Å². The third-order valence-electron chi connectivity index (χ3n) is 2.30. The minimum Gasteiger partial charge on any atom is -0.495 e. The van der Waals surface area contributed by atoms with Crippen molar-refractivity contribution in [3.05, 3.63) is 28.8 Å². The van der Waals surface area contributed by atoms with Gasteiger partial charge in [-0.15, -0.1) is 0 Å². The molecule has 0 bridgehead atoms. The standard InChI is InChI=1S/C12H14BrClF2O2/c1-17-11-3-2-8(6-10(11)14)9(13)4-5-18-7-12(15)16/h2-3,6,9,12H,4-5,7H2,1H3. The van der Waals surface area contributed by atoms with Crippen LogP contribution in [-0.4, -0.2) is 26.7 Å². The zero-order valence-corrected chi connectivity index (χ0v) is 12.2. The SMILES string of the molecule is COc1ccc(C(Br)CCOCC(F)F)cc1Cl. The van der Waals surface area contributed by atoms with E-state index in [0.29, 0.717) is 17.2 Å². The molecule has 1 aromatic carbocycles. The number of hydrogen-bond donors (Lipinski definition) is 0. The largest absolute Gasteiger partial charge is 0.495 e. The van der Waals surface area contributed by atoms with Crippen LogP contribution in [-0.2, 0) is 4.74 Å². The quantitative estimate of drug-likeness (QED) is 0.538. The van der Waals surface area contributed by atoms with Gasteiger partial charge in [0.25, 0.3) is 6.43 Å². The summed E-state index contributed by atoms with van der Waals surface area (Å²) in [6, 6.07) is 5.43. The van der Waals surface area contributed by atoms with Crippen LogP contribution in [0.3, 0.4) is 0 Å². The molecule has 102 valence electrons. The van der Waals surface area contributed by atoms with Crippen LogP contribution in [0.25, 0.3) is 0 Å². The minimum atomic E-state index is -2.42. The summed E-state index contributed by atoms with van der Waals surface area (Å²) in [5.41, 5.74) is 0.960. The molecule has 18 heavy (non-hydrogen) atoms. The summed E-state index contributed by atoms with van der Waals surface area (Å²) in [5, 5.41) is 0.521. The number of rotatable bonds is 7. The lowest BCUT2D eigenvalue weighted by atomic mass is 10.1. The van der Waals surface area contributed by atoms with Gasteiger partial charge >= 0.3 is 0 Å². The van der Waals surface area contributed by atoms with Gasteiger partial charge in [-0.1, -0.05) is 33.6 Å². The van der Waals surface area contributed by atoms with Crippen molar-refractivity contribution in [2.24, 2.45) is 0 Å². The summed E-state index contributed by atoms with van der Waals surface area (Å²) < 4.78 is 33.6. The monoisotopic (exact) mass is 342 g/mol. The van der Waals surface area contributed by atoms with Gasteiger partial charge in [0.1, 0.15) is 12.4 Å². The van der Waals surface area contributed by atoms with E-state index in [1.165, 1.54) is 0 Å². The molecule has 0 radical (unpaired) electrons. The number of methoxy groups -OCH3 is 1. The van der Waals surface area contributed by atoms with Gasteiger partial charge in [0.2, 0.25) is 0 Å². The third kappa shape index (κ3) is 5.08. The van der Waals surface area contributed by atoms with Crippen LogP contribution in [0.1, 0.15) is 16.8 Å². The van der Waals surface area contributed by atoms with Crippen molar-refractivity contribution >= 4 is 27.5 Å². The van der Waals surface area contributed by atoms with E-state index in [1.54, 1.807) is 19.2 Å². The Kier molecular flexibility index (Phi) is 6.89. The Morgan fingerprint density at radius 3 is 2.67 bits per heavy atom. The summed E-state index contributed by atoms with van der Waals surface area (Å²) in [6.07, 6.45) is -1.83. The molecule has 0 saturated carbocycles. The van der Waals surface area contributed by atoms with Crippen LogP contribution in [0.5, 0.6) is 5.75 Å². The van der Waals surface area contributed by atoms with Gasteiger partial charge in [0.15, 0.2) is 0 Å². The van der Waals surface area contributed by atoms with E-state index in [2.05, 4.69) is 15.9 Å². The smallest absolute Gasteiger partial charge is 0.261 e. The summed E-state index contributed by atoms with van der Waals surface area (Å²) in [6.45, 7) is -0.257. The summed E-state index contributed by atoms with van der Waals surface area (Å²) in [4.78, 5) is 0.0126. The van der Waals surface area contributed by atoms with Crippen molar-refractivity contribution in [2.75, 3.05) is 20.3 Å². The van der Waals surface area contributed by atoms with Gasteiger partial charge in [-0.25, -0.2) is 8.78 Å². The van der Waals surface area contributed by atoms with Gasteiger partial charge in [-0.3, -0.25) is 0 Å². The Morgan fingerprint density at radius 2 is 2.11 bits per heavy atom. The first-order valence-electron chi connectivity index (χ1n) is 5.38. The Hall–Kier alpha value is -0.390. The topological polar surface area (TPSA) is 18.5 Å². The lowest BCUT2D eigenvalue weighted by Crippen LogP contribution is -2.06. The lowest BCUT2D eigenvalue weighted by Gasteiger charge is -2.12. The highest BCUT2D eigenvalue weighted by atomic mass is 79.9. The van der Waals surface area contributed by atoms with E-state index in [1.807, 2.05) is 6.07 Å². The van der Waals surface area contributed by atoms with E-state index < -0.39 is 13.0 Å². The molecule has 0 amide bonds. The second-order valence-corrected chi connectivity index (χ2v) is 5.13. The van der Waals surface area contributed by atoms with Crippen molar-refractivity contribution in [1.82, 2.24) is 0 Å². The number of alkyl halides is 3. The van der Waals surface area contributed by atoms with Crippen LogP contribution in [0, 0.1) is 0 Å². The van der Waals surface area contributed by atoms with Crippen molar-refractivity contribution in [1.29, 1.82) is 0 Å². The Morgan fingerprint density at radius 1 is 1.39 bits per heavy atom. The molecular formula is C12H14BrClF2O2. The maximum atomic E-state index is 11.9. The molecule has 1 unspecified atom stereocenters. The predicted octanol–water partition coefficient (Wildman–Crippen LogP) is 4.46. The normalized spacial score (nSPS) is 12.8. The maximum absolute atomic E-state index is 11.9. The first kappa shape index (κ1) is 15.7. The lowest BCUT2D eigenvalue weighted by molar-refractivity contribution is 0.0167. The highest BCUT2D eigenvalue weighted by Gasteiger charge is 2.11. The van der Waals surface area contributed by atoms with E-state index in [9.17, 15) is 8.78 Å². The molecule has 0 aliphatic heterocycles. The third-order valence-corrected chi connectivity index (χ3v) is 3.58. The summed E-state index contributed by atoms with van der Waals surface area (Å²) >= 11 is 9.47. The zero-order valence-electron chi connectivity index (χ0n) is 9.84. The fourth-order valence-corrected chi connectivity index (χ4v) is 2.14. The Labute approximate surface area is 118 Å². The number of benzene rings is 1. The Bertz CT molecular complexity index is 377. The molecule has 0 aromatic heterocycles. The molecule has 0 spiro atoms. The average Bonchev–Trinajstić information content (AvgIpc) is 2.34. The molecule has 0 N–H and O–H groups in total. The molecule has 0 heterocycles. The average molecular weight is 344 g/mol. The van der Waals surface area contributed by atoms with Gasteiger partial charge in [0.05, 0.1) is 12.1 Å². The van der Waals surface area contributed by atoms with E-state index in [-0.39, 0.29) is 11.4 Å². The van der Waals surface area contributed by atoms with Gasteiger partial charge in [-0.05, 0) is 24.1 Å². The van der Waals surface area contributed by atoms with Crippen molar-refractivity contribution < 1.29 is 18.3 Å². The number of hydrogen-bond acceptors (Lipinski definition) is 2. The van der Waals surface area contributed by atoms with Crippen LogP contribution in [0.2, 0.25) is 5.02 Å². The van der Waals surface area contributed by atoms with E-state index in [4.69, 9.17) is 21.1 Å². The first-order valence-corrected chi connectivity index (χ1v) is 6.67. The van der Waals surface area contributed by atoms with Crippen LogP contribution >= 0.6 is 27.5 Å². The molecular weight excluding hydrogens is 329 g/mol. The summed E-state index contributed by atoms with van der Waals surface area (Å²) in [5.74, 6) is 0.606. The highest BCUT2D eigenvalue weighted by Crippen LogP contribution is 2.32. The van der Waals surface area contributed by atoms with E-state index in [0.717, 1.165) is 5.56 Å². The molecule has 1 rings (SSSR count). The fourth-order valence-electron chi connectivity index (χ4n) is 1.40. The molecule has 1 aromatic rings. The van der Waals surface area contributed by atoms with Gasteiger partial charge in [-0.2, -0.15) is 0 Å². The van der Waals surface area contributed by atoms with Gasteiger partial charge < -0.3 is 9.47 Å². The number of halogens is 4. The van der Waals surface area contributed by atoms with Gasteiger partial charge in [0, 0.05) is 11.4 Å². The minimum absolute atomic E-state index is 0.0126. The molecule has 0 fully saturated rings. The first-order chi connectivity index (χ1) is 8.54. The second kappa shape index (κ2) is 7.92. The van der Waals surface area contributed by atoms with Crippen molar-refractivity contribution in [2.45, 2.75) is 17.7 Å². The fraction of sp³-hybridized carbons (Fsp3) is 0.500. The van der Waals surface area contributed by atoms with Crippen LogP contribution in [0.4, 0.5) is 8.78 Å². The molecule has 0 aliphatic carbocycles. The van der Waals surface area contributed by atoms with Crippen molar-refractivity contribution in [3.8, 4) is 5.75 Å². The summed E-state index contributed by atoms with van der Waals surface area (Å²) in [7, 11) is 1.55. The Balaban J connectivity index is 2.46. The highest BCUT2D eigenvalue weighted by molar-refractivity contribution is 9.09. The molecule has 0 saturated heterocycles. The predicted molar refractivity (Wildman–Crippen MR) is 71.1 cm³/mol. The maximum Gasteiger partial charge on any atom is 0.261 e. The van der Waals surface area contributed by atoms with E-state index >= 15 is 0 Å². The second-order valence-electron chi connectivity index (χ2n) is 3.62. The molecule has 1 atom stereocenters. The molecule has 6 heteroatoms. The molecule has 2 nitrogen and oxygen atoms in total. The zero-order chi connectivity index (χ0) is 13.5.